The highest BCUT2D eigenvalue weighted by Gasteiger charge is 2.10. The second kappa shape index (κ2) is 9.09. The first-order chi connectivity index (χ1) is 13.2. The lowest BCUT2D eigenvalue weighted by Crippen LogP contribution is -2.29. The summed E-state index contributed by atoms with van der Waals surface area (Å²) >= 11 is 0. The topological polar surface area (TPSA) is 88.1 Å². The van der Waals surface area contributed by atoms with Crippen LogP contribution in [0.15, 0.2) is 36.7 Å². The second-order valence-corrected chi connectivity index (χ2v) is 5.93. The normalized spacial score (nSPS) is 11.0. The fourth-order valence-electron chi connectivity index (χ4n) is 2.71. The molecule has 0 aliphatic heterocycles. The Kier molecular flexibility index (Phi) is 6.32. The Bertz CT molecular complexity index is 866. The molecule has 0 spiro atoms. The number of hydrogen-bond acceptors (Lipinski definition) is 8. The number of nitrogens with one attached hydrogen (secondary N) is 2. The molecule has 0 atom stereocenters. The molecule has 2 aromatic heterocycles. The third-order valence-corrected chi connectivity index (χ3v) is 4.29. The van der Waals surface area contributed by atoms with Crippen molar-refractivity contribution in [3.63, 3.8) is 0 Å². The summed E-state index contributed by atoms with van der Waals surface area (Å²) in [6.07, 6.45) is 3.27. The molecule has 8 heteroatoms. The van der Waals surface area contributed by atoms with Gasteiger partial charge in [0.1, 0.15) is 5.75 Å². The van der Waals surface area contributed by atoms with Crippen LogP contribution in [0, 0.1) is 0 Å². The Morgan fingerprint density at radius 1 is 1.00 bits per heavy atom. The lowest BCUT2D eigenvalue weighted by molar-refractivity contribution is 0.316. The van der Waals surface area contributed by atoms with Crippen molar-refractivity contribution in [2.75, 3.05) is 43.9 Å². The molecule has 0 amide bonds. The number of hydrogen-bond donors (Lipinski definition) is 2. The van der Waals surface area contributed by atoms with Gasteiger partial charge in [-0.15, -0.1) is 0 Å². The second-order valence-electron chi connectivity index (χ2n) is 5.93. The van der Waals surface area contributed by atoms with Gasteiger partial charge in [-0.3, -0.25) is 0 Å². The number of rotatable bonds is 9. The predicted octanol–water partition coefficient (Wildman–Crippen LogP) is 2.93. The van der Waals surface area contributed by atoms with E-state index in [9.17, 15) is 0 Å². The third-order valence-electron chi connectivity index (χ3n) is 4.29. The van der Waals surface area contributed by atoms with E-state index in [0.717, 1.165) is 37.6 Å². The predicted molar refractivity (Wildman–Crippen MR) is 108 cm³/mol. The van der Waals surface area contributed by atoms with Crippen LogP contribution in [-0.2, 0) is 0 Å². The molecule has 0 bridgehead atoms. The molecule has 1 aromatic carbocycles. The van der Waals surface area contributed by atoms with Crippen molar-refractivity contribution in [1.29, 1.82) is 0 Å². The zero-order valence-corrected chi connectivity index (χ0v) is 15.9. The highest BCUT2D eigenvalue weighted by molar-refractivity contribution is 5.85. The van der Waals surface area contributed by atoms with Gasteiger partial charge in [-0.25, -0.2) is 9.97 Å². The molecule has 0 saturated heterocycles. The average molecular weight is 367 g/mol. The largest absolute Gasteiger partial charge is 0.497 e. The van der Waals surface area contributed by atoms with E-state index in [1.54, 1.807) is 19.5 Å². The lowest BCUT2D eigenvalue weighted by atomic mass is 10.3. The average Bonchev–Trinajstić information content (AvgIpc) is 2.72. The number of methoxy groups -OCH3 is 1. The van der Waals surface area contributed by atoms with Gasteiger partial charge in [0.2, 0.25) is 5.95 Å². The Morgan fingerprint density at radius 2 is 1.74 bits per heavy atom. The summed E-state index contributed by atoms with van der Waals surface area (Å²) in [4.78, 5) is 20.1. The number of ether oxygens (including phenoxy) is 1. The maximum atomic E-state index is 5.20. The number of fused-ring (bicyclic) bond motifs is 1. The Morgan fingerprint density at radius 3 is 2.44 bits per heavy atom. The fourth-order valence-corrected chi connectivity index (χ4v) is 2.71. The number of anilines is 3. The Hall–Kier alpha value is -3.00. The van der Waals surface area contributed by atoms with E-state index in [4.69, 9.17) is 4.74 Å². The molecule has 0 aliphatic carbocycles. The fraction of sp³-hybridized carbons (Fsp3) is 0.368. The van der Waals surface area contributed by atoms with Gasteiger partial charge in [0, 0.05) is 31.2 Å². The van der Waals surface area contributed by atoms with Gasteiger partial charge in [0.25, 0.3) is 0 Å². The third kappa shape index (κ3) is 4.79. The van der Waals surface area contributed by atoms with E-state index in [1.807, 2.05) is 24.3 Å². The number of nitrogens with zero attached hydrogens (tertiary/aromatic N) is 5. The van der Waals surface area contributed by atoms with Crippen molar-refractivity contribution in [1.82, 2.24) is 24.8 Å². The molecule has 2 N–H and O–H groups in total. The molecule has 0 unspecified atom stereocenters. The van der Waals surface area contributed by atoms with Gasteiger partial charge in [-0.1, -0.05) is 13.8 Å². The van der Waals surface area contributed by atoms with Gasteiger partial charge < -0.3 is 20.3 Å². The van der Waals surface area contributed by atoms with Crippen LogP contribution in [0.5, 0.6) is 5.75 Å². The zero-order chi connectivity index (χ0) is 19.1. The van der Waals surface area contributed by atoms with Crippen LogP contribution in [0.3, 0.4) is 0 Å². The lowest BCUT2D eigenvalue weighted by Gasteiger charge is -2.18. The highest BCUT2D eigenvalue weighted by Crippen LogP contribution is 2.23. The Balaban J connectivity index is 1.81. The summed E-state index contributed by atoms with van der Waals surface area (Å²) < 4.78 is 5.20. The maximum Gasteiger partial charge on any atom is 0.226 e. The van der Waals surface area contributed by atoms with Crippen molar-refractivity contribution in [2.45, 2.75) is 13.8 Å². The first-order valence-corrected chi connectivity index (χ1v) is 9.09. The minimum absolute atomic E-state index is 0.533. The molecule has 3 rings (SSSR count). The monoisotopic (exact) mass is 367 g/mol. The summed E-state index contributed by atoms with van der Waals surface area (Å²) in [5.41, 5.74) is 2.06. The van der Waals surface area contributed by atoms with Crippen molar-refractivity contribution >= 4 is 28.6 Å². The molecule has 0 aliphatic rings. The van der Waals surface area contributed by atoms with Gasteiger partial charge in [-0.2, -0.15) is 9.97 Å². The van der Waals surface area contributed by atoms with Crippen molar-refractivity contribution in [2.24, 2.45) is 0 Å². The van der Waals surface area contributed by atoms with Crippen LogP contribution >= 0.6 is 0 Å². The van der Waals surface area contributed by atoms with Crippen LogP contribution < -0.4 is 15.4 Å². The first kappa shape index (κ1) is 18.8. The summed E-state index contributed by atoms with van der Waals surface area (Å²) in [6, 6.07) is 7.63. The standard InChI is InChI=1S/C19H25N7O/c1-4-26(5-2)13-12-22-19-24-17-16(20-10-11-21-17)18(25-19)23-14-6-8-15(27-3)9-7-14/h6-11H,4-5,12-13H2,1-3H3,(H2,21,22,23,24,25). The highest BCUT2D eigenvalue weighted by atomic mass is 16.5. The van der Waals surface area contributed by atoms with Crippen molar-refractivity contribution < 1.29 is 4.74 Å². The molecular formula is C19H25N7O. The van der Waals surface area contributed by atoms with E-state index >= 15 is 0 Å². The van der Waals surface area contributed by atoms with Gasteiger partial charge >= 0.3 is 0 Å². The van der Waals surface area contributed by atoms with E-state index in [1.165, 1.54) is 0 Å². The van der Waals surface area contributed by atoms with Crippen molar-refractivity contribution in [3.8, 4) is 5.75 Å². The van der Waals surface area contributed by atoms with Crippen LogP contribution in [0.2, 0.25) is 0 Å². The molecule has 0 radical (unpaired) electrons. The van der Waals surface area contributed by atoms with Crippen LogP contribution in [0.1, 0.15) is 13.8 Å². The molecular weight excluding hydrogens is 342 g/mol. The molecule has 3 aromatic rings. The van der Waals surface area contributed by atoms with Gasteiger partial charge in [-0.05, 0) is 37.4 Å². The molecule has 27 heavy (non-hydrogen) atoms. The molecule has 8 nitrogen and oxygen atoms in total. The minimum atomic E-state index is 0.533. The van der Waals surface area contributed by atoms with E-state index in [2.05, 4.69) is 49.3 Å². The summed E-state index contributed by atoms with van der Waals surface area (Å²) in [7, 11) is 1.64. The van der Waals surface area contributed by atoms with Crippen LogP contribution in [0.25, 0.3) is 11.2 Å². The molecule has 2 heterocycles. The quantitative estimate of drug-likeness (QED) is 0.597. The van der Waals surface area contributed by atoms with Crippen molar-refractivity contribution in [3.05, 3.63) is 36.7 Å². The van der Waals surface area contributed by atoms with E-state index in [0.29, 0.717) is 22.9 Å². The molecule has 142 valence electrons. The van der Waals surface area contributed by atoms with E-state index in [-0.39, 0.29) is 0 Å². The summed E-state index contributed by atoms with van der Waals surface area (Å²) in [5, 5.41) is 6.59. The summed E-state index contributed by atoms with van der Waals surface area (Å²) in [6.45, 7) is 8.04. The minimum Gasteiger partial charge on any atom is -0.497 e. The maximum absolute atomic E-state index is 5.20. The number of aromatic nitrogens is 4. The van der Waals surface area contributed by atoms with Gasteiger partial charge in [0.15, 0.2) is 17.0 Å². The Labute approximate surface area is 159 Å². The number of likely N-dealkylation sites (N-methyl/N-ethyl adjacent to an activating group) is 1. The summed E-state index contributed by atoms with van der Waals surface area (Å²) in [5.74, 6) is 1.95. The molecule has 0 fully saturated rings. The molecule has 0 saturated carbocycles. The smallest absolute Gasteiger partial charge is 0.226 e. The first-order valence-electron chi connectivity index (χ1n) is 9.09. The van der Waals surface area contributed by atoms with Crippen LogP contribution in [0.4, 0.5) is 17.5 Å². The number of benzene rings is 1. The van der Waals surface area contributed by atoms with Gasteiger partial charge in [0.05, 0.1) is 7.11 Å². The van der Waals surface area contributed by atoms with E-state index < -0.39 is 0 Å². The zero-order valence-electron chi connectivity index (χ0n) is 15.9. The van der Waals surface area contributed by atoms with Crippen LogP contribution in [-0.4, -0.2) is 58.1 Å². The SMILES string of the molecule is CCN(CC)CCNc1nc(Nc2ccc(OC)cc2)c2nccnc2n1.